The number of nitrogens with zero attached hydrogens (tertiary/aromatic N) is 1. The standard InChI is InChI=1S/C13H17BrN2O3/c14-10-4-3-9(11(6-10)16(18)19)7-13(8-15)5-1-2-12(13)17/h3-4,6,12,17H,1-2,5,7-8,15H2. The van der Waals surface area contributed by atoms with Crippen LogP contribution in [0.25, 0.3) is 0 Å². The Balaban J connectivity index is 2.35. The first-order valence-corrected chi connectivity index (χ1v) is 7.09. The van der Waals surface area contributed by atoms with Crippen molar-refractivity contribution in [3.63, 3.8) is 0 Å². The van der Waals surface area contributed by atoms with Crippen molar-refractivity contribution in [3.05, 3.63) is 38.3 Å². The summed E-state index contributed by atoms with van der Waals surface area (Å²) < 4.78 is 0.678. The zero-order valence-corrected chi connectivity index (χ0v) is 12.1. The Morgan fingerprint density at radius 1 is 1.58 bits per heavy atom. The van der Waals surface area contributed by atoms with Gasteiger partial charge in [0.25, 0.3) is 5.69 Å². The lowest BCUT2D eigenvalue weighted by Gasteiger charge is -2.31. The summed E-state index contributed by atoms with van der Waals surface area (Å²) >= 11 is 3.24. The van der Waals surface area contributed by atoms with E-state index in [1.54, 1.807) is 12.1 Å². The smallest absolute Gasteiger partial charge is 0.273 e. The van der Waals surface area contributed by atoms with Crippen LogP contribution in [0.4, 0.5) is 5.69 Å². The molecule has 1 fully saturated rings. The van der Waals surface area contributed by atoms with Crippen LogP contribution < -0.4 is 5.73 Å². The highest BCUT2D eigenvalue weighted by molar-refractivity contribution is 9.10. The predicted molar refractivity (Wildman–Crippen MR) is 75.8 cm³/mol. The molecule has 0 bridgehead atoms. The molecule has 2 atom stereocenters. The van der Waals surface area contributed by atoms with Crippen molar-refractivity contribution in [2.75, 3.05) is 6.54 Å². The average molecular weight is 329 g/mol. The highest BCUT2D eigenvalue weighted by atomic mass is 79.9. The molecule has 104 valence electrons. The molecule has 1 aliphatic carbocycles. The van der Waals surface area contributed by atoms with Crippen molar-refractivity contribution in [2.24, 2.45) is 11.1 Å². The Labute approximate surface area is 120 Å². The lowest BCUT2D eigenvalue weighted by Crippen LogP contribution is -2.39. The van der Waals surface area contributed by atoms with E-state index in [4.69, 9.17) is 5.73 Å². The van der Waals surface area contributed by atoms with Gasteiger partial charge in [-0.05, 0) is 25.3 Å². The van der Waals surface area contributed by atoms with Gasteiger partial charge < -0.3 is 10.8 Å². The van der Waals surface area contributed by atoms with Crippen LogP contribution in [0.1, 0.15) is 24.8 Å². The lowest BCUT2D eigenvalue weighted by atomic mass is 9.78. The first-order valence-electron chi connectivity index (χ1n) is 6.29. The molecule has 0 aliphatic heterocycles. The largest absolute Gasteiger partial charge is 0.392 e. The Hall–Kier alpha value is -0.980. The molecule has 1 saturated carbocycles. The molecule has 0 amide bonds. The third kappa shape index (κ3) is 2.80. The molecule has 3 N–H and O–H groups in total. The third-order valence-electron chi connectivity index (χ3n) is 4.05. The third-order valence-corrected chi connectivity index (χ3v) is 4.55. The van der Waals surface area contributed by atoms with Crippen LogP contribution >= 0.6 is 15.9 Å². The van der Waals surface area contributed by atoms with E-state index in [1.807, 2.05) is 0 Å². The number of nitro benzene ring substituents is 1. The second-order valence-corrected chi connectivity index (χ2v) is 6.10. The van der Waals surface area contributed by atoms with Gasteiger partial charge in [-0.3, -0.25) is 10.1 Å². The van der Waals surface area contributed by atoms with Gasteiger partial charge in [0.1, 0.15) is 0 Å². The minimum atomic E-state index is -0.472. The van der Waals surface area contributed by atoms with E-state index >= 15 is 0 Å². The van der Waals surface area contributed by atoms with Crippen LogP contribution in [0.2, 0.25) is 0 Å². The van der Waals surface area contributed by atoms with Gasteiger partial charge in [-0.15, -0.1) is 0 Å². The summed E-state index contributed by atoms with van der Waals surface area (Å²) in [6.45, 7) is 0.349. The van der Waals surface area contributed by atoms with Crippen molar-refractivity contribution < 1.29 is 10.0 Å². The minimum Gasteiger partial charge on any atom is -0.392 e. The molecule has 0 spiro atoms. The van der Waals surface area contributed by atoms with E-state index in [9.17, 15) is 15.2 Å². The molecule has 6 heteroatoms. The zero-order chi connectivity index (χ0) is 14.0. The molecular formula is C13H17BrN2O3. The quantitative estimate of drug-likeness (QED) is 0.656. The van der Waals surface area contributed by atoms with Gasteiger partial charge in [0.05, 0.1) is 11.0 Å². The molecular weight excluding hydrogens is 312 g/mol. The van der Waals surface area contributed by atoms with Gasteiger partial charge in [-0.2, -0.15) is 0 Å². The number of rotatable bonds is 4. The zero-order valence-electron chi connectivity index (χ0n) is 10.5. The summed E-state index contributed by atoms with van der Waals surface area (Å²) in [4.78, 5) is 10.7. The van der Waals surface area contributed by atoms with Crippen LogP contribution in [-0.4, -0.2) is 22.7 Å². The second-order valence-electron chi connectivity index (χ2n) is 5.18. The Morgan fingerprint density at radius 2 is 2.32 bits per heavy atom. The molecule has 2 rings (SSSR count). The topological polar surface area (TPSA) is 89.4 Å². The summed E-state index contributed by atoms with van der Waals surface area (Å²) in [6.07, 6.45) is 2.44. The molecule has 19 heavy (non-hydrogen) atoms. The first kappa shape index (κ1) is 14.4. The molecule has 1 aromatic rings. The minimum absolute atomic E-state index is 0.0845. The van der Waals surface area contributed by atoms with E-state index in [0.717, 1.165) is 19.3 Å². The molecule has 5 nitrogen and oxygen atoms in total. The van der Waals surface area contributed by atoms with Gasteiger partial charge in [0.2, 0.25) is 0 Å². The number of aliphatic hydroxyl groups excluding tert-OH is 1. The van der Waals surface area contributed by atoms with E-state index in [0.29, 0.717) is 23.0 Å². The summed E-state index contributed by atoms with van der Waals surface area (Å²) in [5, 5.41) is 21.2. The number of nitrogens with two attached hydrogens (primary N) is 1. The highest BCUT2D eigenvalue weighted by Gasteiger charge is 2.42. The van der Waals surface area contributed by atoms with Crippen molar-refractivity contribution in [1.29, 1.82) is 0 Å². The molecule has 2 unspecified atom stereocenters. The SMILES string of the molecule is NCC1(Cc2ccc(Br)cc2[N+](=O)[O-])CCCC1O. The van der Waals surface area contributed by atoms with E-state index < -0.39 is 11.5 Å². The van der Waals surface area contributed by atoms with E-state index in [-0.39, 0.29) is 10.6 Å². The molecule has 1 aromatic carbocycles. The monoisotopic (exact) mass is 328 g/mol. The first-order chi connectivity index (χ1) is 8.98. The predicted octanol–water partition coefficient (Wildman–Crippen LogP) is 2.39. The summed E-state index contributed by atoms with van der Waals surface area (Å²) in [5.74, 6) is 0. The lowest BCUT2D eigenvalue weighted by molar-refractivity contribution is -0.385. The highest BCUT2D eigenvalue weighted by Crippen LogP contribution is 2.42. The van der Waals surface area contributed by atoms with Crippen molar-refractivity contribution in [2.45, 2.75) is 31.8 Å². The summed E-state index contributed by atoms with van der Waals surface area (Å²) in [7, 11) is 0. The van der Waals surface area contributed by atoms with Crippen LogP contribution in [-0.2, 0) is 6.42 Å². The number of hydrogen-bond acceptors (Lipinski definition) is 4. The van der Waals surface area contributed by atoms with Gasteiger partial charge in [-0.25, -0.2) is 0 Å². The van der Waals surface area contributed by atoms with E-state index in [2.05, 4.69) is 15.9 Å². The van der Waals surface area contributed by atoms with Gasteiger partial charge in [-0.1, -0.05) is 28.4 Å². The molecule has 0 saturated heterocycles. The van der Waals surface area contributed by atoms with Crippen LogP contribution in [0.5, 0.6) is 0 Å². The van der Waals surface area contributed by atoms with Crippen molar-refractivity contribution >= 4 is 21.6 Å². The Kier molecular flexibility index (Phi) is 4.23. The maximum atomic E-state index is 11.1. The number of halogens is 1. The summed E-state index contributed by atoms with van der Waals surface area (Å²) in [5.41, 5.74) is 6.13. The molecule has 1 aliphatic rings. The van der Waals surface area contributed by atoms with Crippen molar-refractivity contribution in [3.8, 4) is 0 Å². The van der Waals surface area contributed by atoms with Crippen LogP contribution in [0.15, 0.2) is 22.7 Å². The normalized spacial score (nSPS) is 26.6. The van der Waals surface area contributed by atoms with Crippen LogP contribution in [0, 0.1) is 15.5 Å². The number of nitro groups is 1. The maximum Gasteiger partial charge on any atom is 0.273 e. The number of benzene rings is 1. The van der Waals surface area contributed by atoms with E-state index in [1.165, 1.54) is 6.07 Å². The molecule has 0 aromatic heterocycles. The summed E-state index contributed by atoms with van der Waals surface area (Å²) in [6, 6.07) is 5.03. The molecule has 0 radical (unpaired) electrons. The van der Waals surface area contributed by atoms with Gasteiger partial charge >= 0.3 is 0 Å². The number of aliphatic hydroxyl groups is 1. The van der Waals surface area contributed by atoms with Crippen LogP contribution in [0.3, 0.4) is 0 Å². The molecule has 0 heterocycles. The maximum absolute atomic E-state index is 11.1. The fraction of sp³-hybridized carbons (Fsp3) is 0.538. The average Bonchev–Trinajstić information content (AvgIpc) is 2.73. The fourth-order valence-corrected chi connectivity index (χ4v) is 3.22. The second kappa shape index (κ2) is 5.56. The van der Waals surface area contributed by atoms with Gasteiger partial charge in [0.15, 0.2) is 0 Å². The fourth-order valence-electron chi connectivity index (χ4n) is 2.87. The Bertz CT molecular complexity index is 495. The van der Waals surface area contributed by atoms with Crippen molar-refractivity contribution in [1.82, 2.24) is 0 Å². The van der Waals surface area contributed by atoms with Gasteiger partial charge in [0, 0.05) is 28.1 Å². The number of hydrogen-bond donors (Lipinski definition) is 2. The Morgan fingerprint density at radius 3 is 2.84 bits per heavy atom.